The number of rotatable bonds is 4. The molecule has 1 aliphatic rings. The maximum atomic E-state index is 2.43. The van der Waals surface area contributed by atoms with Crippen molar-refractivity contribution in [3.8, 4) is 0 Å². The lowest BCUT2D eigenvalue weighted by Crippen LogP contribution is -1.95. The van der Waals surface area contributed by atoms with Crippen LogP contribution in [-0.2, 0) is 0 Å². The second kappa shape index (κ2) is 4.49. The van der Waals surface area contributed by atoms with Crippen LogP contribution in [0.15, 0.2) is 23.8 Å². The van der Waals surface area contributed by atoms with Crippen LogP contribution in [0.4, 0.5) is 0 Å². The van der Waals surface area contributed by atoms with Crippen molar-refractivity contribution in [2.24, 2.45) is 11.8 Å². The van der Waals surface area contributed by atoms with Gasteiger partial charge in [0.15, 0.2) is 0 Å². The van der Waals surface area contributed by atoms with E-state index in [1.54, 1.807) is 5.57 Å². The van der Waals surface area contributed by atoms with Gasteiger partial charge in [0.05, 0.1) is 0 Å². The third-order valence-corrected chi connectivity index (χ3v) is 2.27. The minimum Gasteiger partial charge on any atom is -0.0773 e. The van der Waals surface area contributed by atoms with Crippen molar-refractivity contribution in [3.63, 3.8) is 0 Å². The number of hydrogen-bond acceptors (Lipinski definition) is 0. The highest BCUT2D eigenvalue weighted by molar-refractivity contribution is 5.28. The molecule has 12 heavy (non-hydrogen) atoms. The Bertz CT molecular complexity index is 184. The topological polar surface area (TPSA) is 0 Å². The van der Waals surface area contributed by atoms with E-state index in [1.165, 1.54) is 19.3 Å². The second-order valence-electron chi connectivity index (χ2n) is 4.14. The summed E-state index contributed by atoms with van der Waals surface area (Å²) in [5, 5.41) is 0. The van der Waals surface area contributed by atoms with Crippen molar-refractivity contribution in [1.82, 2.24) is 0 Å². The molecule has 1 atom stereocenters. The average molecular weight is 164 g/mol. The summed E-state index contributed by atoms with van der Waals surface area (Å²) in [5.74, 6) is 1.54. The van der Waals surface area contributed by atoms with Crippen molar-refractivity contribution in [2.75, 3.05) is 0 Å². The smallest absolute Gasteiger partial charge is 0.00420 e. The summed E-state index contributed by atoms with van der Waals surface area (Å²) in [5.41, 5.74) is 1.54. The lowest BCUT2D eigenvalue weighted by molar-refractivity contribution is 0.535. The summed E-state index contributed by atoms with van der Waals surface area (Å²) >= 11 is 0. The zero-order valence-corrected chi connectivity index (χ0v) is 8.51. The monoisotopic (exact) mass is 164 g/mol. The van der Waals surface area contributed by atoms with E-state index in [-0.39, 0.29) is 0 Å². The van der Waals surface area contributed by atoms with E-state index in [0.29, 0.717) is 0 Å². The van der Waals surface area contributed by atoms with Crippen molar-refractivity contribution >= 4 is 0 Å². The first kappa shape index (κ1) is 9.57. The molecule has 0 nitrogen and oxygen atoms in total. The minimum atomic E-state index is 0.728. The molecular formula is C12H20. The maximum absolute atomic E-state index is 2.43. The molecule has 0 heterocycles. The molecule has 1 rings (SSSR count). The Morgan fingerprint density at radius 2 is 2.17 bits per heavy atom. The molecule has 0 spiro atoms. The Kier molecular flexibility index (Phi) is 3.58. The van der Waals surface area contributed by atoms with Gasteiger partial charge in [-0.25, -0.2) is 0 Å². The van der Waals surface area contributed by atoms with Crippen LogP contribution in [0.25, 0.3) is 0 Å². The van der Waals surface area contributed by atoms with E-state index < -0.39 is 0 Å². The van der Waals surface area contributed by atoms with Gasteiger partial charge in [0.1, 0.15) is 0 Å². The van der Waals surface area contributed by atoms with E-state index in [0.717, 1.165) is 11.8 Å². The molecular weight excluding hydrogens is 144 g/mol. The first-order chi connectivity index (χ1) is 5.72. The Hall–Kier alpha value is -0.520. The molecule has 0 aromatic carbocycles. The first-order valence-electron chi connectivity index (χ1n) is 5.11. The molecule has 0 aromatic rings. The van der Waals surface area contributed by atoms with Crippen LogP contribution >= 0.6 is 0 Å². The van der Waals surface area contributed by atoms with Gasteiger partial charge in [0, 0.05) is 0 Å². The zero-order valence-electron chi connectivity index (χ0n) is 8.51. The highest BCUT2D eigenvalue weighted by atomic mass is 14.1. The van der Waals surface area contributed by atoms with Crippen molar-refractivity contribution in [1.29, 1.82) is 0 Å². The van der Waals surface area contributed by atoms with Crippen LogP contribution in [0.3, 0.4) is 0 Å². The molecule has 1 aliphatic carbocycles. The van der Waals surface area contributed by atoms with Crippen LogP contribution in [0.2, 0.25) is 0 Å². The van der Waals surface area contributed by atoms with Crippen LogP contribution in [-0.4, -0.2) is 0 Å². The summed E-state index contributed by atoms with van der Waals surface area (Å²) in [6, 6.07) is 0. The largest absolute Gasteiger partial charge is 0.0773 e. The highest BCUT2D eigenvalue weighted by Gasteiger charge is 2.09. The molecule has 0 amide bonds. The van der Waals surface area contributed by atoms with Gasteiger partial charge in [0.2, 0.25) is 0 Å². The standard InChI is InChI=1S/C12H20/c1-4-5-11-6-7-12(9-11)8-10(2)3/h6-7,9-10,12H,4-5,8H2,1-3H3. The lowest BCUT2D eigenvalue weighted by Gasteiger charge is -2.07. The fraction of sp³-hybridized carbons (Fsp3) is 0.667. The van der Waals surface area contributed by atoms with E-state index in [4.69, 9.17) is 0 Å². The van der Waals surface area contributed by atoms with E-state index in [9.17, 15) is 0 Å². The molecule has 0 heteroatoms. The van der Waals surface area contributed by atoms with Gasteiger partial charge in [-0.3, -0.25) is 0 Å². The fourth-order valence-electron chi connectivity index (χ4n) is 1.78. The molecule has 0 aromatic heterocycles. The summed E-state index contributed by atoms with van der Waals surface area (Å²) in [6.07, 6.45) is 10.9. The molecule has 0 radical (unpaired) electrons. The minimum absolute atomic E-state index is 0.728. The first-order valence-corrected chi connectivity index (χ1v) is 5.11. The SMILES string of the molecule is CCCC1=CC(CC(C)C)C=C1. The summed E-state index contributed by atoms with van der Waals surface area (Å²) in [4.78, 5) is 0. The third kappa shape index (κ3) is 2.84. The maximum Gasteiger partial charge on any atom is -0.00420 e. The molecule has 68 valence electrons. The lowest BCUT2D eigenvalue weighted by atomic mass is 9.98. The predicted molar refractivity (Wildman–Crippen MR) is 55.1 cm³/mol. The zero-order chi connectivity index (χ0) is 8.97. The van der Waals surface area contributed by atoms with Gasteiger partial charge in [-0.05, 0) is 24.7 Å². The van der Waals surface area contributed by atoms with Gasteiger partial charge in [-0.1, -0.05) is 51.0 Å². The van der Waals surface area contributed by atoms with Crippen LogP contribution in [0.1, 0.15) is 40.0 Å². The third-order valence-electron chi connectivity index (χ3n) is 2.27. The quantitative estimate of drug-likeness (QED) is 0.590. The van der Waals surface area contributed by atoms with Gasteiger partial charge in [-0.2, -0.15) is 0 Å². The molecule has 0 fully saturated rings. The van der Waals surface area contributed by atoms with E-state index in [1.807, 2.05) is 0 Å². The number of allylic oxidation sites excluding steroid dienone is 4. The van der Waals surface area contributed by atoms with Gasteiger partial charge in [0.25, 0.3) is 0 Å². The van der Waals surface area contributed by atoms with E-state index >= 15 is 0 Å². The molecule has 0 saturated heterocycles. The molecule has 0 saturated carbocycles. The summed E-state index contributed by atoms with van der Waals surface area (Å²) < 4.78 is 0. The average Bonchev–Trinajstić information content (AvgIpc) is 2.36. The van der Waals surface area contributed by atoms with Crippen molar-refractivity contribution in [2.45, 2.75) is 40.0 Å². The highest BCUT2D eigenvalue weighted by Crippen LogP contribution is 2.24. The fourth-order valence-corrected chi connectivity index (χ4v) is 1.78. The predicted octanol–water partition coefficient (Wildman–Crippen LogP) is 3.95. The Labute approximate surface area is 76.4 Å². The Balaban J connectivity index is 2.38. The summed E-state index contributed by atoms with van der Waals surface area (Å²) in [6.45, 7) is 6.82. The van der Waals surface area contributed by atoms with Gasteiger partial charge >= 0.3 is 0 Å². The van der Waals surface area contributed by atoms with Crippen molar-refractivity contribution in [3.05, 3.63) is 23.8 Å². The second-order valence-corrected chi connectivity index (χ2v) is 4.14. The normalized spacial score (nSPS) is 22.0. The number of hydrogen-bond donors (Lipinski definition) is 0. The van der Waals surface area contributed by atoms with Gasteiger partial charge in [-0.15, -0.1) is 0 Å². The molecule has 0 aliphatic heterocycles. The van der Waals surface area contributed by atoms with Crippen molar-refractivity contribution < 1.29 is 0 Å². The van der Waals surface area contributed by atoms with Gasteiger partial charge < -0.3 is 0 Å². The Morgan fingerprint density at radius 1 is 1.42 bits per heavy atom. The van der Waals surface area contributed by atoms with E-state index in [2.05, 4.69) is 39.0 Å². The summed E-state index contributed by atoms with van der Waals surface area (Å²) in [7, 11) is 0. The molecule has 1 unspecified atom stereocenters. The Morgan fingerprint density at radius 3 is 2.75 bits per heavy atom. The molecule has 0 N–H and O–H groups in total. The molecule has 0 bridgehead atoms. The van der Waals surface area contributed by atoms with Crippen LogP contribution in [0.5, 0.6) is 0 Å². The van der Waals surface area contributed by atoms with Crippen LogP contribution in [0, 0.1) is 11.8 Å². The van der Waals surface area contributed by atoms with Crippen LogP contribution < -0.4 is 0 Å².